The summed E-state index contributed by atoms with van der Waals surface area (Å²) in [6, 6.07) is 5.93. The Morgan fingerprint density at radius 2 is 2.17 bits per heavy atom. The number of amides is 1. The smallest absolute Gasteiger partial charge is 0.246 e. The monoisotopic (exact) mass is 247 g/mol. The molecule has 18 heavy (non-hydrogen) atoms. The third-order valence-electron chi connectivity index (χ3n) is 3.53. The number of nitrogens with one attached hydrogen (secondary N) is 2. The lowest BCUT2D eigenvalue weighted by Gasteiger charge is -2.29. The van der Waals surface area contributed by atoms with Gasteiger partial charge in [-0.25, -0.2) is 0 Å². The first kappa shape index (κ1) is 11.5. The molecule has 1 fully saturated rings. The van der Waals surface area contributed by atoms with E-state index in [1.165, 1.54) is 0 Å². The van der Waals surface area contributed by atoms with Crippen LogP contribution in [0.2, 0.25) is 0 Å². The van der Waals surface area contributed by atoms with Crippen LogP contribution in [0.4, 0.5) is 11.4 Å². The number of anilines is 2. The van der Waals surface area contributed by atoms with Gasteiger partial charge >= 0.3 is 0 Å². The SMILES string of the molecule is CNC1C(=O)Nc2cc(N3CCOCC3)ccc21. The van der Waals surface area contributed by atoms with Crippen molar-refractivity contribution in [2.75, 3.05) is 43.6 Å². The summed E-state index contributed by atoms with van der Waals surface area (Å²) in [5.41, 5.74) is 3.09. The Morgan fingerprint density at radius 1 is 1.39 bits per heavy atom. The maximum absolute atomic E-state index is 11.7. The summed E-state index contributed by atoms with van der Waals surface area (Å²) < 4.78 is 5.34. The van der Waals surface area contributed by atoms with Crippen molar-refractivity contribution in [1.82, 2.24) is 5.32 Å². The Balaban J connectivity index is 1.88. The first-order valence-corrected chi connectivity index (χ1v) is 6.24. The van der Waals surface area contributed by atoms with Gasteiger partial charge in [-0.05, 0) is 19.2 Å². The number of rotatable bonds is 2. The summed E-state index contributed by atoms with van der Waals surface area (Å²) in [5, 5.41) is 5.94. The molecule has 5 nitrogen and oxygen atoms in total. The van der Waals surface area contributed by atoms with E-state index in [4.69, 9.17) is 4.74 Å². The minimum atomic E-state index is -0.223. The Hall–Kier alpha value is -1.59. The molecule has 0 radical (unpaired) electrons. The van der Waals surface area contributed by atoms with E-state index in [1.54, 1.807) is 7.05 Å². The van der Waals surface area contributed by atoms with Crippen LogP contribution >= 0.6 is 0 Å². The number of benzene rings is 1. The van der Waals surface area contributed by atoms with Gasteiger partial charge in [0.15, 0.2) is 0 Å². The van der Waals surface area contributed by atoms with E-state index in [9.17, 15) is 4.79 Å². The van der Waals surface area contributed by atoms with Crippen LogP contribution in [-0.2, 0) is 9.53 Å². The molecule has 1 aromatic rings. The molecule has 0 aromatic heterocycles. The molecule has 2 aliphatic heterocycles. The molecule has 0 spiro atoms. The number of carbonyl (C=O) groups is 1. The number of fused-ring (bicyclic) bond motifs is 1. The molecule has 2 heterocycles. The number of hydrogen-bond donors (Lipinski definition) is 2. The van der Waals surface area contributed by atoms with Crippen LogP contribution in [0.15, 0.2) is 18.2 Å². The largest absolute Gasteiger partial charge is 0.378 e. The zero-order chi connectivity index (χ0) is 12.5. The molecular formula is C13H17N3O2. The van der Waals surface area contributed by atoms with Gasteiger partial charge in [0.2, 0.25) is 5.91 Å². The minimum absolute atomic E-state index is 0.0200. The van der Waals surface area contributed by atoms with Gasteiger partial charge < -0.3 is 20.3 Å². The highest BCUT2D eigenvalue weighted by atomic mass is 16.5. The van der Waals surface area contributed by atoms with Gasteiger partial charge in [0.25, 0.3) is 0 Å². The predicted molar refractivity (Wildman–Crippen MR) is 69.9 cm³/mol. The molecule has 1 unspecified atom stereocenters. The number of hydrogen-bond acceptors (Lipinski definition) is 4. The van der Waals surface area contributed by atoms with E-state index in [0.29, 0.717) is 0 Å². The molecule has 1 atom stereocenters. The lowest BCUT2D eigenvalue weighted by Crippen LogP contribution is -2.36. The normalized spacial score (nSPS) is 22.8. The van der Waals surface area contributed by atoms with E-state index < -0.39 is 0 Å². The van der Waals surface area contributed by atoms with Crippen molar-refractivity contribution < 1.29 is 9.53 Å². The Bertz CT molecular complexity index is 469. The standard InChI is InChI=1S/C13H17N3O2/c1-14-12-10-3-2-9(8-11(10)15-13(12)17)16-4-6-18-7-5-16/h2-3,8,12,14H,4-7H2,1H3,(H,15,17). The molecule has 0 bridgehead atoms. The molecule has 1 saturated heterocycles. The van der Waals surface area contributed by atoms with Crippen LogP contribution in [-0.4, -0.2) is 39.3 Å². The fourth-order valence-electron chi connectivity index (χ4n) is 2.56. The second-order valence-electron chi connectivity index (χ2n) is 4.58. The molecule has 5 heteroatoms. The molecule has 1 amide bonds. The van der Waals surface area contributed by atoms with Crippen LogP contribution in [0.1, 0.15) is 11.6 Å². The topological polar surface area (TPSA) is 53.6 Å². The summed E-state index contributed by atoms with van der Waals surface area (Å²) in [5.74, 6) is 0.0200. The highest BCUT2D eigenvalue weighted by Gasteiger charge is 2.29. The van der Waals surface area contributed by atoms with Crippen molar-refractivity contribution in [2.45, 2.75) is 6.04 Å². The number of likely N-dealkylation sites (N-methyl/N-ethyl adjacent to an activating group) is 1. The number of ether oxygens (including phenoxy) is 1. The van der Waals surface area contributed by atoms with E-state index in [2.05, 4.69) is 27.7 Å². The van der Waals surface area contributed by atoms with Gasteiger partial charge in [-0.2, -0.15) is 0 Å². The van der Waals surface area contributed by atoms with Crippen molar-refractivity contribution in [3.63, 3.8) is 0 Å². The van der Waals surface area contributed by atoms with Gasteiger partial charge in [0.05, 0.1) is 13.2 Å². The van der Waals surface area contributed by atoms with Gasteiger partial charge in [-0.3, -0.25) is 4.79 Å². The second kappa shape index (κ2) is 4.59. The van der Waals surface area contributed by atoms with E-state index >= 15 is 0 Å². The molecule has 0 aliphatic carbocycles. The summed E-state index contributed by atoms with van der Waals surface area (Å²) in [7, 11) is 1.80. The van der Waals surface area contributed by atoms with Crippen LogP contribution < -0.4 is 15.5 Å². The molecule has 1 aromatic carbocycles. The maximum atomic E-state index is 11.7. The van der Waals surface area contributed by atoms with Crippen LogP contribution in [0.25, 0.3) is 0 Å². The summed E-state index contributed by atoms with van der Waals surface area (Å²) in [6.07, 6.45) is 0. The fraction of sp³-hybridized carbons (Fsp3) is 0.462. The summed E-state index contributed by atoms with van der Waals surface area (Å²) >= 11 is 0. The summed E-state index contributed by atoms with van der Waals surface area (Å²) in [6.45, 7) is 3.34. The molecule has 3 rings (SSSR count). The summed E-state index contributed by atoms with van der Waals surface area (Å²) in [4.78, 5) is 14.0. The maximum Gasteiger partial charge on any atom is 0.246 e. The molecule has 2 N–H and O–H groups in total. The zero-order valence-corrected chi connectivity index (χ0v) is 10.4. The Morgan fingerprint density at radius 3 is 2.89 bits per heavy atom. The average Bonchev–Trinajstić information content (AvgIpc) is 2.74. The third-order valence-corrected chi connectivity index (χ3v) is 3.53. The van der Waals surface area contributed by atoms with Gasteiger partial charge in [-0.15, -0.1) is 0 Å². The number of carbonyl (C=O) groups excluding carboxylic acids is 1. The van der Waals surface area contributed by atoms with E-state index in [-0.39, 0.29) is 11.9 Å². The van der Waals surface area contributed by atoms with Crippen molar-refractivity contribution in [3.05, 3.63) is 23.8 Å². The second-order valence-corrected chi connectivity index (χ2v) is 4.58. The van der Waals surface area contributed by atoms with Crippen LogP contribution in [0.3, 0.4) is 0 Å². The first-order chi connectivity index (χ1) is 8.79. The van der Waals surface area contributed by atoms with Crippen molar-refractivity contribution in [3.8, 4) is 0 Å². The zero-order valence-electron chi connectivity index (χ0n) is 10.4. The van der Waals surface area contributed by atoms with Gasteiger partial charge in [0.1, 0.15) is 6.04 Å². The van der Waals surface area contributed by atoms with Gasteiger partial charge in [-0.1, -0.05) is 6.07 Å². The number of morpholine rings is 1. The minimum Gasteiger partial charge on any atom is -0.378 e. The highest BCUT2D eigenvalue weighted by molar-refractivity contribution is 6.03. The first-order valence-electron chi connectivity index (χ1n) is 6.24. The molecule has 0 saturated carbocycles. The van der Waals surface area contributed by atoms with Crippen molar-refractivity contribution in [2.24, 2.45) is 0 Å². The Kier molecular flexibility index (Phi) is 2.93. The lowest BCUT2D eigenvalue weighted by atomic mass is 10.1. The number of nitrogens with zero attached hydrogens (tertiary/aromatic N) is 1. The third kappa shape index (κ3) is 1.85. The molecule has 96 valence electrons. The average molecular weight is 247 g/mol. The molecule has 2 aliphatic rings. The molecular weight excluding hydrogens is 230 g/mol. The van der Waals surface area contributed by atoms with Crippen molar-refractivity contribution in [1.29, 1.82) is 0 Å². The van der Waals surface area contributed by atoms with Crippen molar-refractivity contribution >= 4 is 17.3 Å². The predicted octanol–water partition coefficient (Wildman–Crippen LogP) is 0.736. The van der Waals surface area contributed by atoms with E-state index in [0.717, 1.165) is 43.2 Å². The van der Waals surface area contributed by atoms with Crippen LogP contribution in [0.5, 0.6) is 0 Å². The highest BCUT2D eigenvalue weighted by Crippen LogP contribution is 2.33. The van der Waals surface area contributed by atoms with E-state index in [1.807, 2.05) is 6.07 Å². The Labute approximate surface area is 106 Å². The lowest BCUT2D eigenvalue weighted by molar-refractivity contribution is -0.117. The van der Waals surface area contributed by atoms with Gasteiger partial charge in [0, 0.05) is 30.0 Å². The quantitative estimate of drug-likeness (QED) is 0.809. The van der Waals surface area contributed by atoms with Crippen LogP contribution in [0, 0.1) is 0 Å². The fourth-order valence-corrected chi connectivity index (χ4v) is 2.56.